The Hall–Kier alpha value is -1.13. The molecule has 0 aromatic carbocycles. The van der Waals surface area contributed by atoms with Gasteiger partial charge in [-0.05, 0) is 6.42 Å². The highest BCUT2D eigenvalue weighted by atomic mass is 16.6. The van der Waals surface area contributed by atoms with Gasteiger partial charge in [-0.1, -0.05) is 96.8 Å². The molecule has 0 N–H and O–H groups in total. The van der Waals surface area contributed by atoms with Crippen LogP contribution in [0, 0.1) is 10.1 Å². The third-order valence-corrected chi connectivity index (χ3v) is 5.07. The lowest BCUT2D eigenvalue weighted by atomic mass is 10.0. The molecule has 0 rings (SSSR count). The zero-order valence-electron chi connectivity index (χ0n) is 18.1. The number of nitro groups is 1. The number of rotatable bonds is 19. The van der Waals surface area contributed by atoms with E-state index < -0.39 is 10.5 Å². The van der Waals surface area contributed by atoms with E-state index >= 15 is 0 Å². The van der Waals surface area contributed by atoms with E-state index in [9.17, 15) is 14.9 Å². The lowest BCUT2D eigenvalue weighted by Gasteiger charge is -2.15. The van der Waals surface area contributed by atoms with E-state index in [0.29, 0.717) is 6.42 Å². The molecule has 0 unspecified atom stereocenters. The maximum absolute atomic E-state index is 11.6. The SMILES string of the molecule is CCCCCCCCCCCCCCCCCC(=O)OCC(C)(C)[N+](=O)[O-]. The first-order valence-electron chi connectivity index (χ1n) is 11.2. The van der Waals surface area contributed by atoms with E-state index in [1.165, 1.54) is 90.9 Å². The molecule has 0 saturated carbocycles. The molecule has 160 valence electrons. The molecule has 0 aliphatic rings. The fourth-order valence-corrected chi connectivity index (χ4v) is 3.02. The van der Waals surface area contributed by atoms with Crippen LogP contribution in [0.2, 0.25) is 0 Å². The van der Waals surface area contributed by atoms with Crippen molar-refractivity contribution in [1.29, 1.82) is 0 Å². The second-order valence-corrected chi connectivity index (χ2v) is 8.43. The predicted octanol–water partition coefficient (Wildman–Crippen LogP) is 6.85. The fourth-order valence-electron chi connectivity index (χ4n) is 3.02. The molecule has 5 heteroatoms. The monoisotopic (exact) mass is 385 g/mol. The van der Waals surface area contributed by atoms with E-state index in [-0.39, 0.29) is 12.6 Å². The largest absolute Gasteiger partial charge is 0.458 e. The van der Waals surface area contributed by atoms with Crippen molar-refractivity contribution >= 4 is 5.97 Å². The van der Waals surface area contributed by atoms with Crippen molar-refractivity contribution in [2.45, 2.75) is 129 Å². The van der Waals surface area contributed by atoms with Crippen molar-refractivity contribution in [2.24, 2.45) is 0 Å². The number of esters is 1. The van der Waals surface area contributed by atoms with Gasteiger partial charge in [-0.15, -0.1) is 0 Å². The van der Waals surface area contributed by atoms with Gasteiger partial charge >= 0.3 is 5.97 Å². The van der Waals surface area contributed by atoms with E-state index in [1.54, 1.807) is 0 Å². The Kier molecular flexibility index (Phi) is 16.3. The highest BCUT2D eigenvalue weighted by molar-refractivity contribution is 5.69. The number of ether oxygens (including phenoxy) is 1. The molecule has 0 amide bonds. The molecule has 0 radical (unpaired) electrons. The molecule has 0 aliphatic heterocycles. The molecular weight excluding hydrogens is 342 g/mol. The van der Waals surface area contributed by atoms with E-state index in [2.05, 4.69) is 6.92 Å². The number of nitrogens with zero attached hydrogens (tertiary/aromatic N) is 1. The van der Waals surface area contributed by atoms with Crippen LogP contribution >= 0.6 is 0 Å². The van der Waals surface area contributed by atoms with E-state index in [4.69, 9.17) is 4.74 Å². The van der Waals surface area contributed by atoms with Crippen LogP contribution in [-0.4, -0.2) is 23.0 Å². The van der Waals surface area contributed by atoms with Gasteiger partial charge in [0.15, 0.2) is 6.61 Å². The number of carbonyl (C=O) groups excluding carboxylic acids is 1. The minimum absolute atomic E-state index is 0.155. The first-order chi connectivity index (χ1) is 12.9. The van der Waals surface area contributed by atoms with Gasteiger partial charge in [0, 0.05) is 25.2 Å². The average Bonchev–Trinajstić information content (AvgIpc) is 2.63. The summed E-state index contributed by atoms with van der Waals surface area (Å²) in [5.74, 6) is -0.320. The first kappa shape index (κ1) is 25.9. The smallest absolute Gasteiger partial charge is 0.306 e. The summed E-state index contributed by atoms with van der Waals surface area (Å²) in [4.78, 5) is 21.9. The minimum Gasteiger partial charge on any atom is -0.458 e. The summed E-state index contributed by atoms with van der Waals surface area (Å²) in [5.41, 5.74) is -1.20. The molecule has 0 spiro atoms. The average molecular weight is 386 g/mol. The maximum Gasteiger partial charge on any atom is 0.306 e. The number of hydrogen-bond acceptors (Lipinski definition) is 4. The van der Waals surface area contributed by atoms with E-state index in [1.807, 2.05) is 0 Å². The van der Waals surface area contributed by atoms with Gasteiger partial charge in [0.05, 0.1) is 0 Å². The summed E-state index contributed by atoms with van der Waals surface area (Å²) in [7, 11) is 0. The molecule has 5 nitrogen and oxygen atoms in total. The molecule has 27 heavy (non-hydrogen) atoms. The normalized spacial score (nSPS) is 11.5. The summed E-state index contributed by atoms with van der Waals surface area (Å²) < 4.78 is 5.01. The molecule has 0 fully saturated rings. The minimum atomic E-state index is -1.20. The second-order valence-electron chi connectivity index (χ2n) is 8.43. The maximum atomic E-state index is 11.6. The summed E-state index contributed by atoms with van der Waals surface area (Å²) in [6.07, 6.45) is 19.7. The van der Waals surface area contributed by atoms with Crippen LogP contribution in [-0.2, 0) is 9.53 Å². The summed E-state index contributed by atoms with van der Waals surface area (Å²) in [6, 6.07) is 0. The van der Waals surface area contributed by atoms with Crippen LogP contribution in [0.5, 0.6) is 0 Å². The van der Waals surface area contributed by atoms with Crippen molar-refractivity contribution in [3.05, 3.63) is 10.1 Å². The molecule has 0 saturated heterocycles. The molecule has 0 heterocycles. The zero-order chi connectivity index (χ0) is 20.4. The molecular formula is C22H43NO4. The van der Waals surface area contributed by atoms with Crippen molar-refractivity contribution in [1.82, 2.24) is 0 Å². The van der Waals surface area contributed by atoms with Gasteiger partial charge in [-0.2, -0.15) is 0 Å². The van der Waals surface area contributed by atoms with Gasteiger partial charge in [0.2, 0.25) is 5.54 Å². The van der Waals surface area contributed by atoms with Crippen LogP contribution in [0.25, 0.3) is 0 Å². The van der Waals surface area contributed by atoms with Gasteiger partial charge in [0.25, 0.3) is 0 Å². The molecule has 0 bridgehead atoms. The molecule has 0 atom stereocenters. The highest BCUT2D eigenvalue weighted by Crippen LogP contribution is 2.14. The van der Waals surface area contributed by atoms with Crippen LogP contribution in [0.3, 0.4) is 0 Å². The van der Waals surface area contributed by atoms with Crippen molar-refractivity contribution < 1.29 is 14.5 Å². The lowest BCUT2D eigenvalue weighted by molar-refractivity contribution is -0.563. The molecule has 0 aromatic rings. The third-order valence-electron chi connectivity index (χ3n) is 5.07. The highest BCUT2D eigenvalue weighted by Gasteiger charge is 2.32. The molecule has 0 aliphatic carbocycles. The number of hydrogen-bond donors (Lipinski definition) is 0. The predicted molar refractivity (Wildman–Crippen MR) is 112 cm³/mol. The number of carbonyl (C=O) groups is 1. The Morgan fingerprint density at radius 1 is 0.778 bits per heavy atom. The Morgan fingerprint density at radius 2 is 1.15 bits per heavy atom. The lowest BCUT2D eigenvalue weighted by Crippen LogP contribution is -2.37. The summed E-state index contributed by atoms with van der Waals surface area (Å²) in [6.45, 7) is 5.04. The molecule has 0 aromatic heterocycles. The topological polar surface area (TPSA) is 69.4 Å². The van der Waals surface area contributed by atoms with Gasteiger partial charge < -0.3 is 4.74 Å². The van der Waals surface area contributed by atoms with Crippen LogP contribution in [0.15, 0.2) is 0 Å². The number of unbranched alkanes of at least 4 members (excludes halogenated alkanes) is 14. The Balaban J connectivity index is 3.29. The summed E-state index contributed by atoms with van der Waals surface area (Å²) in [5, 5.41) is 10.8. The van der Waals surface area contributed by atoms with Crippen LogP contribution in [0.1, 0.15) is 124 Å². The Morgan fingerprint density at radius 3 is 1.52 bits per heavy atom. The zero-order valence-corrected chi connectivity index (χ0v) is 18.1. The Labute approximate surface area is 166 Å². The van der Waals surface area contributed by atoms with Crippen LogP contribution < -0.4 is 0 Å². The summed E-state index contributed by atoms with van der Waals surface area (Å²) >= 11 is 0. The van der Waals surface area contributed by atoms with Gasteiger partial charge in [-0.3, -0.25) is 14.9 Å². The van der Waals surface area contributed by atoms with Crippen molar-refractivity contribution in [3.63, 3.8) is 0 Å². The van der Waals surface area contributed by atoms with E-state index in [0.717, 1.165) is 19.3 Å². The van der Waals surface area contributed by atoms with Crippen LogP contribution in [0.4, 0.5) is 0 Å². The third kappa shape index (κ3) is 16.7. The second kappa shape index (κ2) is 17.0. The van der Waals surface area contributed by atoms with Gasteiger partial charge in [-0.25, -0.2) is 0 Å². The first-order valence-corrected chi connectivity index (χ1v) is 11.2. The quantitative estimate of drug-likeness (QED) is 0.105. The Bertz CT molecular complexity index is 383. The standard InChI is InChI=1S/C22H43NO4/c1-4-5-6-7-8-9-10-11-12-13-14-15-16-17-18-19-21(24)27-20-22(2,3)23(25)26/h4-20H2,1-3H3. The fraction of sp³-hybridized carbons (Fsp3) is 0.955. The van der Waals surface area contributed by atoms with Gasteiger partial charge in [0.1, 0.15) is 0 Å². The van der Waals surface area contributed by atoms with Crippen molar-refractivity contribution in [3.8, 4) is 0 Å². The van der Waals surface area contributed by atoms with Crippen molar-refractivity contribution in [2.75, 3.05) is 6.61 Å².